The molecule has 0 aromatic carbocycles. The highest BCUT2D eigenvalue weighted by atomic mass is 31.2. The molecule has 1 amide bonds. The molecule has 1 fully saturated rings. The molecule has 7 N–H and O–H groups in total. The molecule has 0 aromatic rings. The molecule has 13 nitrogen and oxygen atoms in total. The van der Waals surface area contributed by atoms with Gasteiger partial charge in [0.25, 0.3) is 0 Å². The average molecular weight is 712 g/mol. The van der Waals surface area contributed by atoms with E-state index in [9.17, 15) is 44.4 Å². The number of amides is 1. The monoisotopic (exact) mass is 711 g/mol. The second-order valence-corrected chi connectivity index (χ2v) is 14.5. The fraction of sp³-hybridized carbons (Fsp3) is 0.941. The number of hydrogen-bond donors (Lipinski definition) is 7. The molecule has 1 saturated heterocycles. The Morgan fingerprint density at radius 1 is 0.750 bits per heavy atom. The van der Waals surface area contributed by atoms with Gasteiger partial charge >= 0.3 is 13.8 Å². The first-order chi connectivity index (χ1) is 22.9. The van der Waals surface area contributed by atoms with E-state index in [4.69, 9.17) is 14.0 Å². The largest absolute Gasteiger partial charge is 0.472 e. The molecule has 7 atom stereocenters. The summed E-state index contributed by atoms with van der Waals surface area (Å²) in [6, 6.07) is -1.60. The molecule has 0 spiro atoms. The molecule has 284 valence electrons. The average Bonchev–Trinajstić information content (AvgIpc) is 3.01. The third kappa shape index (κ3) is 21.2. The maximum atomic E-state index is 12.9. The van der Waals surface area contributed by atoms with Gasteiger partial charge in [0.05, 0.1) is 31.7 Å². The summed E-state index contributed by atoms with van der Waals surface area (Å²) in [4.78, 5) is 44.7. The number of carbonyl (C=O) groups is 2. The number of rotatable bonds is 29. The van der Waals surface area contributed by atoms with E-state index in [0.717, 1.165) is 44.9 Å². The Kier molecular flexibility index (Phi) is 24.9. The quantitative estimate of drug-likeness (QED) is 0.0313. The van der Waals surface area contributed by atoms with Gasteiger partial charge in [0, 0.05) is 0 Å². The molecule has 1 aliphatic rings. The minimum Gasteiger partial charge on any atom is -0.457 e. The lowest BCUT2D eigenvalue weighted by Crippen LogP contribution is -2.65. The number of unbranched alkanes of at least 4 members (excludes halogenated alkanes) is 16. The van der Waals surface area contributed by atoms with Crippen LogP contribution in [-0.4, -0.2) is 91.5 Å². The summed E-state index contributed by atoms with van der Waals surface area (Å²) in [6.07, 6.45) is 11.0. The van der Waals surface area contributed by atoms with Crippen LogP contribution in [0.2, 0.25) is 0 Å². The number of aliphatic hydroxyl groups excluding tert-OH is 4. The molecule has 0 radical (unpaired) electrons. The van der Waals surface area contributed by atoms with Crippen LogP contribution in [-0.2, 0) is 28.2 Å². The molecule has 0 bridgehead atoms. The van der Waals surface area contributed by atoms with Crippen molar-refractivity contribution in [2.45, 2.75) is 198 Å². The van der Waals surface area contributed by atoms with Crippen molar-refractivity contribution in [2.75, 3.05) is 6.61 Å². The zero-order chi connectivity index (χ0) is 35.8. The van der Waals surface area contributed by atoms with Crippen LogP contribution in [0, 0.1) is 0 Å². The Balaban J connectivity index is 2.70. The van der Waals surface area contributed by atoms with Crippen molar-refractivity contribution in [1.82, 2.24) is 5.32 Å². The van der Waals surface area contributed by atoms with Crippen molar-refractivity contribution >= 4 is 19.7 Å². The number of ether oxygens (including phenoxy) is 2. The summed E-state index contributed by atoms with van der Waals surface area (Å²) in [5.41, 5.74) is 0. The molecule has 1 heterocycles. The molecule has 0 aliphatic carbocycles. The van der Waals surface area contributed by atoms with Gasteiger partial charge in [0.15, 0.2) is 12.4 Å². The fourth-order valence-corrected chi connectivity index (χ4v) is 6.47. The molecule has 14 heteroatoms. The van der Waals surface area contributed by atoms with Gasteiger partial charge < -0.3 is 45.0 Å². The molecule has 1 aliphatic heterocycles. The number of carbonyl (C=O) groups excluding carboxylic acids is 2. The number of esters is 1. The second kappa shape index (κ2) is 26.6. The Bertz CT molecular complexity index is 890. The lowest BCUT2D eigenvalue weighted by atomic mass is 9.96. The zero-order valence-electron chi connectivity index (χ0n) is 29.4. The number of nitrogens with one attached hydrogen (secondary N) is 1. The Labute approximate surface area is 287 Å². The lowest BCUT2D eigenvalue weighted by Gasteiger charge is -2.43. The van der Waals surface area contributed by atoms with Gasteiger partial charge in [0.2, 0.25) is 5.91 Å². The first kappa shape index (κ1) is 44.9. The Hall–Kier alpha value is -1.15. The summed E-state index contributed by atoms with van der Waals surface area (Å²) in [7, 11) is -5.21. The van der Waals surface area contributed by atoms with Crippen molar-refractivity contribution in [3.63, 3.8) is 0 Å². The van der Waals surface area contributed by atoms with E-state index in [1.807, 2.05) is 0 Å². The maximum Gasteiger partial charge on any atom is 0.472 e. The Morgan fingerprint density at radius 2 is 1.19 bits per heavy atom. The maximum absolute atomic E-state index is 12.9. The van der Waals surface area contributed by atoms with E-state index >= 15 is 0 Å². The molecular formula is C34H66NO12P. The van der Waals surface area contributed by atoms with Gasteiger partial charge in [-0.3, -0.25) is 14.1 Å². The molecule has 0 saturated carbocycles. The van der Waals surface area contributed by atoms with Gasteiger partial charge in [-0.2, -0.15) is 0 Å². The third-order valence-electron chi connectivity index (χ3n) is 8.80. The standard InChI is InChI=1S/C34H66NO12P/c1-3-5-7-9-11-13-15-17-19-21-26(37)23-29(39)35-31-33(32(41)28(25-36)45-34(31)47-48(42,43)44)46-30(40)24-27(38)22-20-18-16-14-12-10-8-6-4-2/h26-28,31-34,36-38,41H,3-25H2,1-2H3,(H,35,39)(H2,42,43,44)/t26?,27?,28?,31?,32?,33-,34-/m1/s1. The van der Waals surface area contributed by atoms with Crippen LogP contribution in [0.1, 0.15) is 155 Å². The third-order valence-corrected chi connectivity index (χ3v) is 9.28. The predicted octanol–water partition coefficient (Wildman–Crippen LogP) is 4.91. The lowest BCUT2D eigenvalue weighted by molar-refractivity contribution is -0.254. The van der Waals surface area contributed by atoms with Crippen molar-refractivity contribution in [1.29, 1.82) is 0 Å². The minimum absolute atomic E-state index is 0.353. The molecule has 1 rings (SSSR count). The highest BCUT2D eigenvalue weighted by Gasteiger charge is 2.50. The number of phosphoric acid groups is 1. The van der Waals surface area contributed by atoms with Crippen molar-refractivity contribution < 1.29 is 58.4 Å². The normalized spacial score (nSPS) is 22.7. The van der Waals surface area contributed by atoms with Crippen LogP contribution in [0.5, 0.6) is 0 Å². The molecular weight excluding hydrogens is 645 g/mol. The van der Waals surface area contributed by atoms with Crippen molar-refractivity contribution in [3.05, 3.63) is 0 Å². The topological polar surface area (TPSA) is 212 Å². The number of phosphoric ester groups is 1. The SMILES string of the molecule is CCCCCCCCCCCC(O)CC(=O)NC1[C@@H](OP(=O)(O)O)OC(CO)C(O)[C@@H]1OC(=O)CC(O)CCCCCCCCCCC. The van der Waals surface area contributed by atoms with E-state index in [2.05, 4.69) is 19.2 Å². The molecule has 5 unspecified atom stereocenters. The van der Waals surface area contributed by atoms with Gasteiger partial charge in [-0.25, -0.2) is 4.57 Å². The summed E-state index contributed by atoms with van der Waals surface area (Å²) in [5, 5.41) is 43.9. The predicted molar refractivity (Wildman–Crippen MR) is 182 cm³/mol. The summed E-state index contributed by atoms with van der Waals surface area (Å²) in [5.74, 6) is -1.66. The van der Waals surface area contributed by atoms with Gasteiger partial charge in [-0.15, -0.1) is 0 Å². The fourth-order valence-electron chi connectivity index (χ4n) is 6.02. The first-order valence-corrected chi connectivity index (χ1v) is 20.0. The number of aliphatic hydroxyl groups is 4. The highest BCUT2D eigenvalue weighted by molar-refractivity contribution is 7.46. The second-order valence-electron chi connectivity index (χ2n) is 13.3. The van der Waals surface area contributed by atoms with Gasteiger partial charge in [-0.05, 0) is 12.8 Å². The van der Waals surface area contributed by atoms with E-state index in [1.54, 1.807) is 0 Å². The summed E-state index contributed by atoms with van der Waals surface area (Å²) in [6.45, 7) is 3.55. The van der Waals surface area contributed by atoms with E-state index in [1.165, 1.54) is 64.2 Å². The highest BCUT2D eigenvalue weighted by Crippen LogP contribution is 2.41. The van der Waals surface area contributed by atoms with E-state index in [-0.39, 0.29) is 6.42 Å². The van der Waals surface area contributed by atoms with Crippen molar-refractivity contribution in [3.8, 4) is 0 Å². The zero-order valence-corrected chi connectivity index (χ0v) is 30.3. The molecule has 0 aromatic heterocycles. The van der Waals surface area contributed by atoms with E-state index < -0.39 is 75.6 Å². The first-order valence-electron chi connectivity index (χ1n) is 18.4. The van der Waals surface area contributed by atoms with Gasteiger partial charge in [0.1, 0.15) is 18.2 Å². The Morgan fingerprint density at radius 3 is 1.62 bits per heavy atom. The summed E-state index contributed by atoms with van der Waals surface area (Å²) >= 11 is 0. The van der Waals surface area contributed by atoms with Crippen LogP contribution >= 0.6 is 7.82 Å². The number of hydrogen-bond acceptors (Lipinski definition) is 10. The van der Waals surface area contributed by atoms with Crippen LogP contribution < -0.4 is 5.32 Å². The summed E-state index contributed by atoms with van der Waals surface area (Å²) < 4.78 is 27.2. The smallest absolute Gasteiger partial charge is 0.457 e. The van der Waals surface area contributed by atoms with Gasteiger partial charge in [-0.1, -0.05) is 129 Å². The minimum atomic E-state index is -5.21. The molecule has 48 heavy (non-hydrogen) atoms. The van der Waals surface area contributed by atoms with Crippen molar-refractivity contribution in [2.24, 2.45) is 0 Å². The van der Waals surface area contributed by atoms with Crippen LogP contribution in [0.3, 0.4) is 0 Å². The van der Waals surface area contributed by atoms with Crippen LogP contribution in [0.25, 0.3) is 0 Å². The van der Waals surface area contributed by atoms with Crippen LogP contribution in [0.4, 0.5) is 0 Å². The van der Waals surface area contributed by atoms with E-state index in [0.29, 0.717) is 19.3 Å². The van der Waals surface area contributed by atoms with Crippen LogP contribution in [0.15, 0.2) is 0 Å².